The average Bonchev–Trinajstić information content (AvgIpc) is 2.77. The lowest BCUT2D eigenvalue weighted by Gasteiger charge is -2.33. The molecule has 30 heavy (non-hydrogen) atoms. The minimum Gasteiger partial charge on any atom is -0.496 e. The molecule has 1 saturated heterocycles. The Labute approximate surface area is 177 Å². The van der Waals surface area contributed by atoms with Crippen molar-refractivity contribution in [3.8, 4) is 5.75 Å². The lowest BCUT2D eigenvalue weighted by atomic mass is 9.92. The van der Waals surface area contributed by atoms with Crippen LogP contribution in [-0.2, 0) is 22.6 Å². The van der Waals surface area contributed by atoms with Crippen molar-refractivity contribution in [3.05, 3.63) is 65.5 Å². The van der Waals surface area contributed by atoms with Crippen molar-refractivity contribution in [1.82, 2.24) is 10.2 Å². The number of ether oxygens (including phenoxy) is 1. The van der Waals surface area contributed by atoms with Gasteiger partial charge in [0, 0.05) is 37.2 Å². The standard InChI is InChI=1S/C24H29FN2O3/c1-30-22-11-5-3-8-19(22)15-24(29)27-14-6-7-18(17-27)12-13-23(28)26-16-20-9-2-4-10-21(20)25/h2-5,8-11,18H,6-7,12-17H2,1H3,(H,26,28)/t18-/m0/s1. The van der Waals surface area contributed by atoms with Crippen LogP contribution in [-0.4, -0.2) is 36.9 Å². The lowest BCUT2D eigenvalue weighted by molar-refractivity contribution is -0.132. The molecule has 6 heteroatoms. The number of benzene rings is 2. The minimum atomic E-state index is -0.311. The SMILES string of the molecule is COc1ccccc1CC(=O)N1CCC[C@@H](CCC(=O)NCc2ccccc2F)C1. The quantitative estimate of drug-likeness (QED) is 0.719. The highest BCUT2D eigenvalue weighted by atomic mass is 19.1. The first-order chi connectivity index (χ1) is 14.6. The van der Waals surface area contributed by atoms with E-state index in [0.29, 0.717) is 30.9 Å². The van der Waals surface area contributed by atoms with Crippen molar-refractivity contribution in [2.75, 3.05) is 20.2 Å². The van der Waals surface area contributed by atoms with Gasteiger partial charge in [-0.25, -0.2) is 4.39 Å². The second kappa shape index (κ2) is 10.8. The van der Waals surface area contributed by atoms with E-state index in [4.69, 9.17) is 4.74 Å². The number of rotatable bonds is 8. The fourth-order valence-corrected chi connectivity index (χ4v) is 3.91. The highest BCUT2D eigenvalue weighted by Crippen LogP contribution is 2.23. The van der Waals surface area contributed by atoms with Gasteiger partial charge in [-0.3, -0.25) is 9.59 Å². The fourth-order valence-electron chi connectivity index (χ4n) is 3.91. The van der Waals surface area contributed by atoms with E-state index < -0.39 is 0 Å². The number of nitrogens with one attached hydrogen (secondary N) is 1. The van der Waals surface area contributed by atoms with Gasteiger partial charge in [-0.15, -0.1) is 0 Å². The van der Waals surface area contributed by atoms with Crippen LogP contribution in [0.15, 0.2) is 48.5 Å². The first-order valence-electron chi connectivity index (χ1n) is 10.5. The Kier molecular flexibility index (Phi) is 7.82. The summed E-state index contributed by atoms with van der Waals surface area (Å²) in [6, 6.07) is 14.0. The van der Waals surface area contributed by atoms with E-state index in [1.807, 2.05) is 29.2 Å². The fraction of sp³-hybridized carbons (Fsp3) is 0.417. The smallest absolute Gasteiger partial charge is 0.227 e. The van der Waals surface area contributed by atoms with E-state index in [9.17, 15) is 14.0 Å². The number of amides is 2. The summed E-state index contributed by atoms with van der Waals surface area (Å²) in [4.78, 5) is 26.8. The minimum absolute atomic E-state index is 0.0873. The van der Waals surface area contributed by atoms with Crippen molar-refractivity contribution in [2.24, 2.45) is 5.92 Å². The second-order valence-electron chi connectivity index (χ2n) is 7.74. The molecule has 0 aliphatic carbocycles. The number of piperidine rings is 1. The molecular weight excluding hydrogens is 383 g/mol. The first-order valence-corrected chi connectivity index (χ1v) is 10.5. The molecule has 2 amide bonds. The van der Waals surface area contributed by atoms with Crippen molar-refractivity contribution >= 4 is 11.8 Å². The van der Waals surface area contributed by atoms with Crippen LogP contribution in [0.25, 0.3) is 0 Å². The summed E-state index contributed by atoms with van der Waals surface area (Å²) in [5, 5.41) is 2.79. The van der Waals surface area contributed by atoms with Crippen LogP contribution in [0.2, 0.25) is 0 Å². The Balaban J connectivity index is 1.44. The maximum absolute atomic E-state index is 13.6. The second-order valence-corrected chi connectivity index (χ2v) is 7.74. The topological polar surface area (TPSA) is 58.6 Å². The summed E-state index contributed by atoms with van der Waals surface area (Å²) < 4.78 is 19.0. The molecule has 0 bridgehead atoms. The number of hydrogen-bond acceptors (Lipinski definition) is 3. The molecule has 0 spiro atoms. The number of nitrogens with zero attached hydrogens (tertiary/aromatic N) is 1. The number of halogens is 1. The Hall–Kier alpha value is -2.89. The van der Waals surface area contributed by atoms with Crippen molar-refractivity contribution < 1.29 is 18.7 Å². The van der Waals surface area contributed by atoms with Crippen molar-refractivity contribution in [3.63, 3.8) is 0 Å². The van der Waals surface area contributed by atoms with Gasteiger partial charge < -0.3 is 15.0 Å². The number of carbonyl (C=O) groups is 2. The molecule has 1 aliphatic rings. The zero-order chi connectivity index (χ0) is 21.3. The molecule has 2 aromatic rings. The molecule has 2 aromatic carbocycles. The molecule has 5 nitrogen and oxygen atoms in total. The maximum atomic E-state index is 13.6. The first kappa shape index (κ1) is 21.8. The molecular formula is C24H29FN2O3. The number of methoxy groups -OCH3 is 1. The van der Waals surface area contributed by atoms with Gasteiger partial charge >= 0.3 is 0 Å². The summed E-state index contributed by atoms with van der Waals surface area (Å²) >= 11 is 0. The van der Waals surface area contributed by atoms with E-state index in [0.717, 1.165) is 37.1 Å². The molecule has 0 radical (unpaired) electrons. The van der Waals surface area contributed by atoms with Crippen LogP contribution in [0.4, 0.5) is 4.39 Å². The van der Waals surface area contributed by atoms with Gasteiger partial charge in [0.15, 0.2) is 0 Å². The van der Waals surface area contributed by atoms with E-state index >= 15 is 0 Å². The van der Waals surface area contributed by atoms with Gasteiger partial charge in [-0.05, 0) is 37.3 Å². The Morgan fingerprint density at radius 1 is 1.13 bits per heavy atom. The van der Waals surface area contributed by atoms with Crippen LogP contribution in [0.1, 0.15) is 36.8 Å². The molecule has 160 valence electrons. The highest BCUT2D eigenvalue weighted by Gasteiger charge is 2.24. The molecule has 1 heterocycles. The van der Waals surface area contributed by atoms with Crippen LogP contribution in [0, 0.1) is 11.7 Å². The Morgan fingerprint density at radius 3 is 2.63 bits per heavy atom. The highest BCUT2D eigenvalue weighted by molar-refractivity contribution is 5.79. The van der Waals surface area contributed by atoms with Gasteiger partial charge in [0.05, 0.1) is 13.5 Å². The largest absolute Gasteiger partial charge is 0.496 e. The normalized spacial score (nSPS) is 16.2. The summed E-state index contributed by atoms with van der Waals surface area (Å²) in [6.45, 7) is 1.62. The Bertz CT molecular complexity index is 871. The number of hydrogen-bond donors (Lipinski definition) is 1. The predicted octanol–water partition coefficient (Wildman–Crippen LogP) is 3.71. The summed E-state index contributed by atoms with van der Waals surface area (Å²) in [5.74, 6) is 0.726. The van der Waals surface area contributed by atoms with Gasteiger partial charge in [0.1, 0.15) is 11.6 Å². The molecule has 0 saturated carbocycles. The molecule has 1 fully saturated rings. The molecule has 1 N–H and O–H groups in total. The molecule has 0 unspecified atom stereocenters. The third-order valence-corrected chi connectivity index (χ3v) is 5.62. The zero-order valence-corrected chi connectivity index (χ0v) is 17.4. The summed E-state index contributed by atoms with van der Waals surface area (Å²) in [7, 11) is 1.61. The third-order valence-electron chi connectivity index (χ3n) is 5.62. The molecule has 3 rings (SSSR count). The van der Waals surface area contributed by atoms with Crippen LogP contribution < -0.4 is 10.1 Å². The van der Waals surface area contributed by atoms with Gasteiger partial charge in [-0.1, -0.05) is 36.4 Å². The van der Waals surface area contributed by atoms with E-state index in [-0.39, 0.29) is 24.2 Å². The monoisotopic (exact) mass is 412 g/mol. The number of para-hydroxylation sites is 1. The van der Waals surface area contributed by atoms with Crippen molar-refractivity contribution in [2.45, 2.75) is 38.6 Å². The Morgan fingerprint density at radius 2 is 1.87 bits per heavy atom. The van der Waals surface area contributed by atoms with Crippen LogP contribution in [0.3, 0.4) is 0 Å². The molecule has 1 aliphatic heterocycles. The van der Waals surface area contributed by atoms with Gasteiger partial charge in [0.25, 0.3) is 0 Å². The van der Waals surface area contributed by atoms with E-state index in [1.54, 1.807) is 25.3 Å². The third kappa shape index (κ3) is 6.05. The summed E-state index contributed by atoms with van der Waals surface area (Å²) in [6.07, 6.45) is 3.38. The average molecular weight is 413 g/mol. The number of carbonyl (C=O) groups excluding carboxylic acids is 2. The van der Waals surface area contributed by atoms with Gasteiger partial charge in [-0.2, -0.15) is 0 Å². The van der Waals surface area contributed by atoms with Crippen LogP contribution in [0.5, 0.6) is 5.75 Å². The molecule has 1 atom stereocenters. The summed E-state index contributed by atoms with van der Waals surface area (Å²) in [5.41, 5.74) is 1.37. The number of likely N-dealkylation sites (tertiary alicyclic amines) is 1. The molecule has 0 aromatic heterocycles. The lowest BCUT2D eigenvalue weighted by Crippen LogP contribution is -2.41. The van der Waals surface area contributed by atoms with E-state index in [2.05, 4.69) is 5.32 Å². The maximum Gasteiger partial charge on any atom is 0.227 e. The predicted molar refractivity (Wildman–Crippen MR) is 113 cm³/mol. The van der Waals surface area contributed by atoms with Crippen LogP contribution >= 0.6 is 0 Å². The van der Waals surface area contributed by atoms with Gasteiger partial charge in [0.2, 0.25) is 11.8 Å². The zero-order valence-electron chi connectivity index (χ0n) is 17.4. The van der Waals surface area contributed by atoms with E-state index in [1.165, 1.54) is 6.07 Å². The van der Waals surface area contributed by atoms with Crippen molar-refractivity contribution in [1.29, 1.82) is 0 Å².